The first-order chi connectivity index (χ1) is 4.63. The van der Waals surface area contributed by atoms with E-state index in [0.717, 1.165) is 13.8 Å². The van der Waals surface area contributed by atoms with Crippen molar-refractivity contribution in [1.29, 1.82) is 0 Å². The van der Waals surface area contributed by atoms with Gasteiger partial charge in [0, 0.05) is 9.85 Å². The number of thiophene rings is 1. The first-order valence-electron chi connectivity index (χ1n) is 2.56. The summed E-state index contributed by atoms with van der Waals surface area (Å²) in [6.45, 7) is 1.55. The summed E-state index contributed by atoms with van der Waals surface area (Å²) in [7, 11) is 0. The van der Waals surface area contributed by atoms with Gasteiger partial charge in [0.25, 0.3) is 0 Å². The molecular weight excluding hydrogens is 280 g/mol. The number of rotatable bonds is 1. The van der Waals surface area contributed by atoms with Crippen molar-refractivity contribution in [3.63, 3.8) is 0 Å². The predicted octanol–water partition coefficient (Wildman–Crippen LogP) is 3.48. The van der Waals surface area contributed by atoms with Crippen molar-refractivity contribution in [2.45, 2.75) is 6.92 Å². The molecule has 1 heterocycles. The lowest BCUT2D eigenvalue weighted by molar-refractivity contribution is 0.101. The first kappa shape index (κ1) is 8.43. The van der Waals surface area contributed by atoms with Crippen LogP contribution in [0.25, 0.3) is 0 Å². The predicted molar refractivity (Wildman–Crippen MR) is 49.7 cm³/mol. The molecule has 0 aromatic carbocycles. The highest BCUT2D eigenvalue weighted by Crippen LogP contribution is 2.31. The normalized spacial score (nSPS) is 9.90. The molecule has 10 heavy (non-hydrogen) atoms. The van der Waals surface area contributed by atoms with Crippen molar-refractivity contribution in [1.82, 2.24) is 0 Å². The van der Waals surface area contributed by atoms with E-state index in [4.69, 9.17) is 0 Å². The monoisotopic (exact) mass is 282 g/mol. The lowest BCUT2D eigenvalue weighted by Gasteiger charge is -1.90. The van der Waals surface area contributed by atoms with Gasteiger partial charge in [-0.1, -0.05) is 0 Å². The third-order valence-electron chi connectivity index (χ3n) is 1.05. The Hall–Kier alpha value is 0.330. The van der Waals surface area contributed by atoms with Gasteiger partial charge in [0.15, 0.2) is 5.78 Å². The van der Waals surface area contributed by atoms with Crippen LogP contribution in [0.5, 0.6) is 0 Å². The third kappa shape index (κ3) is 1.49. The molecule has 0 atom stereocenters. The van der Waals surface area contributed by atoms with Crippen LogP contribution >= 0.6 is 43.2 Å². The number of carbonyl (C=O) groups is 1. The Bertz CT molecular complexity index is 247. The quantitative estimate of drug-likeness (QED) is 0.721. The molecule has 1 aromatic heterocycles. The Morgan fingerprint density at radius 2 is 2.20 bits per heavy atom. The maximum absolute atomic E-state index is 10.9. The Kier molecular flexibility index (Phi) is 2.66. The van der Waals surface area contributed by atoms with E-state index in [9.17, 15) is 4.79 Å². The molecule has 1 rings (SSSR count). The van der Waals surface area contributed by atoms with Gasteiger partial charge in [-0.05, 0) is 38.8 Å². The number of ketones is 1. The van der Waals surface area contributed by atoms with E-state index in [2.05, 4.69) is 31.9 Å². The molecule has 1 nitrogen and oxygen atoms in total. The van der Waals surface area contributed by atoms with E-state index in [1.54, 1.807) is 6.92 Å². The summed E-state index contributed by atoms with van der Waals surface area (Å²) in [5.74, 6) is 0.0833. The SMILES string of the molecule is CC(=O)c1c(Br)csc1Br. The standard InChI is InChI=1S/C6H4Br2OS/c1-3(9)5-4(7)2-10-6(5)8/h2H,1H3. The fraction of sp³-hybridized carbons (Fsp3) is 0.167. The minimum Gasteiger partial charge on any atom is -0.294 e. The van der Waals surface area contributed by atoms with Crippen molar-refractivity contribution in [2.75, 3.05) is 0 Å². The minimum atomic E-state index is 0.0833. The van der Waals surface area contributed by atoms with Gasteiger partial charge in [-0.2, -0.15) is 0 Å². The summed E-state index contributed by atoms with van der Waals surface area (Å²) < 4.78 is 1.77. The molecule has 0 amide bonds. The van der Waals surface area contributed by atoms with Crippen LogP contribution in [-0.4, -0.2) is 5.78 Å². The van der Waals surface area contributed by atoms with Gasteiger partial charge in [0.1, 0.15) is 0 Å². The van der Waals surface area contributed by atoms with Gasteiger partial charge < -0.3 is 0 Å². The highest BCUT2D eigenvalue weighted by Gasteiger charge is 2.10. The highest BCUT2D eigenvalue weighted by molar-refractivity contribution is 9.11. The lowest BCUT2D eigenvalue weighted by Crippen LogP contribution is -1.89. The number of carbonyl (C=O) groups excluding carboxylic acids is 1. The minimum absolute atomic E-state index is 0.0833. The van der Waals surface area contributed by atoms with Crippen molar-refractivity contribution >= 4 is 49.0 Å². The van der Waals surface area contributed by atoms with E-state index >= 15 is 0 Å². The number of halogens is 2. The van der Waals surface area contributed by atoms with Crippen LogP contribution in [0.2, 0.25) is 0 Å². The summed E-state index contributed by atoms with van der Waals surface area (Å²) in [6, 6.07) is 0. The summed E-state index contributed by atoms with van der Waals surface area (Å²) in [4.78, 5) is 10.9. The average molecular weight is 284 g/mol. The van der Waals surface area contributed by atoms with E-state index in [1.165, 1.54) is 11.3 Å². The van der Waals surface area contributed by atoms with Gasteiger partial charge >= 0.3 is 0 Å². The summed E-state index contributed by atoms with van der Waals surface area (Å²) in [6.07, 6.45) is 0. The average Bonchev–Trinajstić information content (AvgIpc) is 2.11. The van der Waals surface area contributed by atoms with Gasteiger partial charge in [0.2, 0.25) is 0 Å². The van der Waals surface area contributed by atoms with E-state index in [-0.39, 0.29) is 5.78 Å². The molecule has 0 unspecified atom stereocenters. The third-order valence-corrected chi connectivity index (χ3v) is 3.70. The van der Waals surface area contributed by atoms with Crippen LogP contribution in [-0.2, 0) is 0 Å². The molecule has 0 fully saturated rings. The van der Waals surface area contributed by atoms with Crippen LogP contribution in [0.1, 0.15) is 17.3 Å². The van der Waals surface area contributed by atoms with Crippen molar-refractivity contribution in [3.05, 3.63) is 19.2 Å². The Labute approximate surface area is 79.7 Å². The fourth-order valence-corrected chi connectivity index (χ4v) is 3.25. The Morgan fingerprint density at radius 3 is 2.40 bits per heavy atom. The maximum Gasteiger partial charge on any atom is 0.162 e. The number of hydrogen-bond donors (Lipinski definition) is 0. The van der Waals surface area contributed by atoms with Gasteiger partial charge in [0.05, 0.1) is 9.35 Å². The second kappa shape index (κ2) is 3.15. The molecule has 0 N–H and O–H groups in total. The van der Waals surface area contributed by atoms with Gasteiger partial charge in [-0.15, -0.1) is 11.3 Å². The van der Waals surface area contributed by atoms with Crippen molar-refractivity contribution in [2.24, 2.45) is 0 Å². The topological polar surface area (TPSA) is 17.1 Å². The molecule has 0 saturated carbocycles. The zero-order chi connectivity index (χ0) is 7.72. The van der Waals surface area contributed by atoms with Crippen LogP contribution in [0.15, 0.2) is 13.6 Å². The molecule has 1 aromatic rings. The van der Waals surface area contributed by atoms with Crippen LogP contribution in [0.4, 0.5) is 0 Å². The fourth-order valence-electron chi connectivity index (χ4n) is 0.622. The number of hydrogen-bond acceptors (Lipinski definition) is 2. The van der Waals surface area contributed by atoms with Crippen LogP contribution in [0, 0.1) is 0 Å². The van der Waals surface area contributed by atoms with Crippen molar-refractivity contribution < 1.29 is 4.79 Å². The van der Waals surface area contributed by atoms with Gasteiger partial charge in [-0.3, -0.25) is 4.79 Å². The molecule has 54 valence electrons. The maximum atomic E-state index is 10.9. The van der Waals surface area contributed by atoms with Crippen molar-refractivity contribution in [3.8, 4) is 0 Å². The summed E-state index contributed by atoms with van der Waals surface area (Å²) in [5, 5.41) is 1.89. The zero-order valence-corrected chi connectivity index (χ0v) is 9.14. The molecule has 0 radical (unpaired) electrons. The Morgan fingerprint density at radius 1 is 1.60 bits per heavy atom. The molecule has 0 spiro atoms. The first-order valence-corrected chi connectivity index (χ1v) is 5.03. The largest absolute Gasteiger partial charge is 0.294 e. The van der Waals surface area contributed by atoms with Gasteiger partial charge in [-0.25, -0.2) is 0 Å². The second-order valence-electron chi connectivity index (χ2n) is 1.79. The van der Waals surface area contributed by atoms with Crippen LogP contribution < -0.4 is 0 Å². The smallest absolute Gasteiger partial charge is 0.162 e. The summed E-state index contributed by atoms with van der Waals surface area (Å²) in [5.41, 5.74) is 0.741. The molecule has 0 aliphatic rings. The molecule has 4 heteroatoms. The van der Waals surface area contributed by atoms with E-state index < -0.39 is 0 Å². The van der Waals surface area contributed by atoms with Crippen LogP contribution in [0.3, 0.4) is 0 Å². The number of Topliss-reactive ketones (excluding diaryl/α,β-unsaturated/α-hetero) is 1. The Balaban J connectivity index is 3.23. The highest BCUT2D eigenvalue weighted by atomic mass is 79.9. The molecule has 0 saturated heterocycles. The lowest BCUT2D eigenvalue weighted by atomic mass is 10.2. The molecule has 0 aliphatic carbocycles. The summed E-state index contributed by atoms with van der Waals surface area (Å²) >= 11 is 8.07. The zero-order valence-electron chi connectivity index (χ0n) is 5.15. The molecular formula is C6H4Br2OS. The second-order valence-corrected chi connectivity index (χ2v) is 4.84. The van der Waals surface area contributed by atoms with E-state index in [1.807, 2.05) is 5.38 Å². The molecule has 0 bridgehead atoms. The van der Waals surface area contributed by atoms with E-state index in [0.29, 0.717) is 0 Å². The molecule has 0 aliphatic heterocycles.